The number of ether oxygens (including phenoxy) is 1. The third kappa shape index (κ3) is 9.15. The zero-order valence-corrected chi connectivity index (χ0v) is 44.7. The molecule has 0 bridgehead atoms. The van der Waals surface area contributed by atoms with E-state index in [2.05, 4.69) is 106 Å². The molecule has 9 aliphatic rings. The number of amides is 2. The summed E-state index contributed by atoms with van der Waals surface area (Å²) in [5, 5.41) is 0. The molecule has 0 aromatic heterocycles. The second-order valence-electron chi connectivity index (χ2n) is 27.1. The average molecular weight is 899 g/mol. The first-order chi connectivity index (χ1) is 30.8. The lowest BCUT2D eigenvalue weighted by atomic mass is 9.45. The van der Waals surface area contributed by atoms with E-state index in [-0.39, 0.29) is 5.41 Å². The smallest absolute Gasteiger partial charge is 0.222 e. The Morgan fingerprint density at radius 2 is 1.08 bits per heavy atom. The van der Waals surface area contributed by atoms with Gasteiger partial charge >= 0.3 is 0 Å². The van der Waals surface area contributed by atoms with Gasteiger partial charge in [-0.2, -0.15) is 0 Å². The lowest BCUT2D eigenvalue weighted by Gasteiger charge is -2.64. The highest BCUT2D eigenvalue weighted by molar-refractivity contribution is 5.78. The van der Waals surface area contributed by atoms with Crippen LogP contribution in [0.25, 0.3) is 0 Å². The summed E-state index contributed by atoms with van der Waals surface area (Å²) < 4.78 is 6.85. The van der Waals surface area contributed by atoms with Gasteiger partial charge in [0.1, 0.15) is 0 Å². The fourth-order valence-corrected chi connectivity index (χ4v) is 19.1. The highest BCUT2D eigenvalue weighted by Gasteiger charge is 2.65. The molecular formula is C60H102N2O3. The van der Waals surface area contributed by atoms with Gasteiger partial charge in [0.25, 0.3) is 0 Å². The van der Waals surface area contributed by atoms with E-state index >= 15 is 0 Å². The number of nitrogens with zero attached hydrogens (tertiary/aromatic N) is 2. The monoisotopic (exact) mass is 899 g/mol. The number of carbonyl (C=O) groups is 2. The van der Waals surface area contributed by atoms with E-state index in [4.69, 9.17) is 4.74 Å². The van der Waals surface area contributed by atoms with Crippen LogP contribution in [0.2, 0.25) is 0 Å². The van der Waals surface area contributed by atoms with Gasteiger partial charge in [-0.3, -0.25) is 9.59 Å². The summed E-state index contributed by atoms with van der Waals surface area (Å²) in [4.78, 5) is 29.5. The molecule has 2 heterocycles. The van der Waals surface area contributed by atoms with Crippen molar-refractivity contribution in [3.8, 4) is 0 Å². The minimum Gasteiger partial charge on any atom is -0.375 e. The fraction of sp³-hybridized carbons (Fsp3) is 0.933. The summed E-state index contributed by atoms with van der Waals surface area (Å²) in [6, 6.07) is 0.791. The first-order valence-electron chi connectivity index (χ1n) is 28.6. The quantitative estimate of drug-likeness (QED) is 0.173. The predicted octanol–water partition coefficient (Wildman–Crippen LogP) is 15.0. The number of fused-ring (bicyclic) bond motifs is 10. The van der Waals surface area contributed by atoms with Crippen LogP contribution in [0.5, 0.6) is 0 Å². The van der Waals surface area contributed by atoms with Crippen molar-refractivity contribution in [1.82, 2.24) is 9.80 Å². The normalized spacial score (nSPS) is 45.0. The van der Waals surface area contributed by atoms with Crippen molar-refractivity contribution in [2.24, 2.45) is 92.7 Å². The number of hydrogen-bond acceptors (Lipinski definition) is 3. The molecule has 2 amide bonds. The van der Waals surface area contributed by atoms with Crippen LogP contribution in [-0.4, -0.2) is 60.0 Å². The van der Waals surface area contributed by atoms with Gasteiger partial charge in [0.05, 0.1) is 12.2 Å². The second kappa shape index (κ2) is 19.4. The standard InChI is InChI=1S/C30H51NO2.C30H51NO/c1-19(2)8-7-9-20(3)22-12-13-23-28-24(14-16-29(22,23)4)30(5)17-15-27(32)31(6)26(30)18-25(28)33-21-10-11-21;1-8-10-22-19-26-30(6,18-16-27(32)31(26)7)25-15-17-29(5)23(13-14-24(29)28(22)25)21(4)12-9-11-20(2)3/h19-26,28H,7-18H2,1-6H3;10,20-21,23-26,28H,8-9,11-19H2,1-7H3/b;22-10-/t20-,22-,23+,24+,25?,26-,28+,29-,30-;21-,23-,24+,25+,26-,28+,29-,30-/m11/s1. The number of allylic oxidation sites excluding steroid dienone is 1. The maximum absolute atomic E-state index is 12.7. The minimum absolute atomic E-state index is 0.277. The molecule has 17 atom stereocenters. The third-order valence-corrected chi connectivity index (χ3v) is 22.8. The molecule has 9 fully saturated rings. The maximum Gasteiger partial charge on any atom is 0.222 e. The molecule has 2 saturated heterocycles. The Hall–Kier alpha value is -1.36. The zero-order valence-electron chi connectivity index (χ0n) is 44.7. The molecule has 1 unspecified atom stereocenters. The number of carbonyl (C=O) groups excluding carboxylic acids is 2. The molecule has 5 nitrogen and oxygen atoms in total. The lowest BCUT2D eigenvalue weighted by molar-refractivity contribution is -0.193. The summed E-state index contributed by atoms with van der Waals surface area (Å²) in [6.07, 6.45) is 32.7. The molecule has 0 N–H and O–H groups in total. The number of hydrogen-bond donors (Lipinski definition) is 0. The van der Waals surface area contributed by atoms with E-state index in [1.165, 1.54) is 103 Å². The van der Waals surface area contributed by atoms with Crippen LogP contribution in [0.3, 0.4) is 0 Å². The van der Waals surface area contributed by atoms with E-state index in [0.29, 0.717) is 58.3 Å². The summed E-state index contributed by atoms with van der Waals surface area (Å²) in [6.45, 7) is 27.4. The number of likely N-dealkylation sites (tertiary alicyclic amines) is 2. The summed E-state index contributed by atoms with van der Waals surface area (Å²) in [5.41, 5.74) is 3.32. The Labute approximate surface area is 400 Å². The molecule has 5 heteroatoms. The molecule has 0 radical (unpaired) electrons. The predicted molar refractivity (Wildman–Crippen MR) is 270 cm³/mol. The molecule has 65 heavy (non-hydrogen) atoms. The Kier molecular flexibility index (Phi) is 15.0. The van der Waals surface area contributed by atoms with Crippen LogP contribution >= 0.6 is 0 Å². The number of rotatable bonds is 13. The van der Waals surface area contributed by atoms with Crippen LogP contribution in [0.1, 0.15) is 224 Å². The van der Waals surface area contributed by atoms with E-state index < -0.39 is 0 Å². The van der Waals surface area contributed by atoms with Crippen LogP contribution < -0.4 is 0 Å². The summed E-state index contributed by atoms with van der Waals surface area (Å²) >= 11 is 0. The van der Waals surface area contributed by atoms with Crippen molar-refractivity contribution < 1.29 is 14.3 Å². The topological polar surface area (TPSA) is 49.9 Å². The van der Waals surface area contributed by atoms with E-state index in [0.717, 1.165) is 110 Å². The Bertz CT molecular complexity index is 1700. The van der Waals surface area contributed by atoms with Crippen molar-refractivity contribution in [2.45, 2.75) is 248 Å². The molecule has 0 aromatic rings. The summed E-state index contributed by atoms with van der Waals surface area (Å²) in [5.74, 6) is 10.6. The van der Waals surface area contributed by atoms with Crippen molar-refractivity contribution in [1.29, 1.82) is 0 Å². The lowest BCUT2D eigenvalue weighted by Crippen LogP contribution is -2.65. The Morgan fingerprint density at radius 1 is 0.600 bits per heavy atom. The minimum atomic E-state index is 0.277. The third-order valence-electron chi connectivity index (χ3n) is 22.8. The molecule has 7 saturated carbocycles. The van der Waals surface area contributed by atoms with Crippen molar-refractivity contribution in [2.75, 3.05) is 14.1 Å². The second-order valence-corrected chi connectivity index (χ2v) is 27.1. The molecule has 7 aliphatic carbocycles. The Balaban J connectivity index is 0.000000177. The first kappa shape index (κ1) is 50.0. The highest BCUT2D eigenvalue weighted by atomic mass is 16.5. The van der Waals surface area contributed by atoms with Gasteiger partial charge in [0, 0.05) is 39.0 Å². The fourth-order valence-electron chi connectivity index (χ4n) is 19.1. The Morgan fingerprint density at radius 3 is 1.62 bits per heavy atom. The van der Waals surface area contributed by atoms with E-state index in [9.17, 15) is 9.59 Å². The van der Waals surface area contributed by atoms with Gasteiger partial charge in [0.2, 0.25) is 11.8 Å². The van der Waals surface area contributed by atoms with Crippen molar-refractivity contribution >= 4 is 11.8 Å². The maximum atomic E-state index is 12.7. The molecular weight excluding hydrogens is 797 g/mol. The SMILES string of the molecule is CC(C)CCC[C@@H](C)[C@H]1CC[C@H]2[C@@H]3C(OC4CC4)C[C@H]4N(C)C(=O)CC[C@]4(C)[C@H]3CC[C@]12C.CC/C=C1/C[C@H]2N(C)C(=O)CC[C@]2(C)[C@H]2CC[C@]3(C)[C@@H]([C@H](C)CCCC(C)C)CC[C@H]3[C@H]12. The van der Waals surface area contributed by atoms with Gasteiger partial charge in [-0.05, 0) is 189 Å². The van der Waals surface area contributed by atoms with E-state index in [1.54, 1.807) is 5.57 Å². The van der Waals surface area contributed by atoms with Gasteiger partial charge in [0.15, 0.2) is 0 Å². The average Bonchev–Trinajstić information content (AvgIpc) is 3.89. The largest absolute Gasteiger partial charge is 0.375 e. The summed E-state index contributed by atoms with van der Waals surface area (Å²) in [7, 11) is 4.17. The number of piperidine rings is 2. The van der Waals surface area contributed by atoms with Gasteiger partial charge in [-0.25, -0.2) is 0 Å². The zero-order chi connectivity index (χ0) is 46.8. The van der Waals surface area contributed by atoms with Crippen LogP contribution in [0, 0.1) is 92.7 Å². The molecule has 0 spiro atoms. The van der Waals surface area contributed by atoms with E-state index in [1.807, 2.05) is 0 Å². The van der Waals surface area contributed by atoms with Crippen LogP contribution in [0.15, 0.2) is 11.6 Å². The van der Waals surface area contributed by atoms with Gasteiger partial charge in [-0.1, -0.05) is 126 Å². The van der Waals surface area contributed by atoms with Crippen molar-refractivity contribution in [3.05, 3.63) is 11.6 Å². The van der Waals surface area contributed by atoms with Gasteiger partial charge in [-0.15, -0.1) is 0 Å². The van der Waals surface area contributed by atoms with Crippen molar-refractivity contribution in [3.63, 3.8) is 0 Å². The molecule has 370 valence electrons. The van der Waals surface area contributed by atoms with Crippen LogP contribution in [0.4, 0.5) is 0 Å². The molecule has 0 aromatic carbocycles. The highest BCUT2D eigenvalue weighted by Crippen LogP contribution is 2.70. The van der Waals surface area contributed by atoms with Gasteiger partial charge < -0.3 is 14.5 Å². The molecule has 2 aliphatic heterocycles. The first-order valence-corrected chi connectivity index (χ1v) is 28.6. The van der Waals surface area contributed by atoms with Crippen LogP contribution in [-0.2, 0) is 14.3 Å². The molecule has 9 rings (SSSR count).